The fraction of sp³-hybridized carbons (Fsp3) is 0.893. The van der Waals surface area contributed by atoms with E-state index in [9.17, 15) is 14.9 Å². The van der Waals surface area contributed by atoms with Crippen molar-refractivity contribution in [2.75, 3.05) is 39.4 Å². The molecule has 7 heteroatoms. The van der Waals surface area contributed by atoms with Crippen molar-refractivity contribution in [1.29, 1.82) is 5.26 Å². The van der Waals surface area contributed by atoms with E-state index in [0.29, 0.717) is 51.2 Å². The highest BCUT2D eigenvalue weighted by atomic mass is 16.5. The monoisotopic (exact) mass is 486 g/mol. The summed E-state index contributed by atoms with van der Waals surface area (Å²) >= 11 is 0. The summed E-state index contributed by atoms with van der Waals surface area (Å²) in [4.78, 5) is 31.0. The van der Waals surface area contributed by atoms with Crippen LogP contribution in [0.2, 0.25) is 0 Å². The Morgan fingerprint density at radius 3 is 2.40 bits per heavy atom. The lowest BCUT2D eigenvalue weighted by Gasteiger charge is -2.35. The van der Waals surface area contributed by atoms with E-state index in [4.69, 9.17) is 4.74 Å². The van der Waals surface area contributed by atoms with Gasteiger partial charge in [0.25, 0.3) is 0 Å². The number of likely N-dealkylation sites (tertiary alicyclic amines) is 1. The van der Waals surface area contributed by atoms with Crippen LogP contribution in [0.25, 0.3) is 0 Å². The molecule has 0 bridgehead atoms. The van der Waals surface area contributed by atoms with Crippen LogP contribution in [0.1, 0.15) is 90.4 Å². The van der Waals surface area contributed by atoms with Crippen molar-refractivity contribution < 1.29 is 14.3 Å². The van der Waals surface area contributed by atoms with Gasteiger partial charge < -0.3 is 15.0 Å². The summed E-state index contributed by atoms with van der Waals surface area (Å²) in [6.07, 6.45) is 13.9. The Bertz CT molecular complexity index is 748. The van der Waals surface area contributed by atoms with Gasteiger partial charge >= 0.3 is 0 Å². The smallest absolute Gasteiger partial charge is 0.224 e. The predicted molar refractivity (Wildman–Crippen MR) is 135 cm³/mol. The summed E-state index contributed by atoms with van der Waals surface area (Å²) in [7, 11) is 0. The molecule has 2 atom stereocenters. The van der Waals surface area contributed by atoms with Crippen LogP contribution in [0.3, 0.4) is 0 Å². The molecule has 0 unspecified atom stereocenters. The van der Waals surface area contributed by atoms with Crippen LogP contribution in [0.5, 0.6) is 0 Å². The third-order valence-electron chi connectivity index (χ3n) is 9.28. The average molecular weight is 487 g/mol. The van der Waals surface area contributed by atoms with Crippen molar-refractivity contribution >= 4 is 11.8 Å². The van der Waals surface area contributed by atoms with Gasteiger partial charge in [-0.15, -0.1) is 0 Å². The molecule has 35 heavy (non-hydrogen) atoms. The van der Waals surface area contributed by atoms with E-state index >= 15 is 0 Å². The van der Waals surface area contributed by atoms with Gasteiger partial charge in [-0.3, -0.25) is 14.5 Å². The van der Waals surface area contributed by atoms with Crippen molar-refractivity contribution in [3.05, 3.63) is 0 Å². The molecule has 2 amide bonds. The first-order valence-corrected chi connectivity index (χ1v) is 14.3. The van der Waals surface area contributed by atoms with Gasteiger partial charge in [0.1, 0.15) is 5.54 Å². The maximum atomic E-state index is 13.6. The van der Waals surface area contributed by atoms with E-state index in [1.165, 1.54) is 51.4 Å². The second kappa shape index (κ2) is 12.5. The highest BCUT2D eigenvalue weighted by Crippen LogP contribution is 2.34. The zero-order valence-corrected chi connectivity index (χ0v) is 21.8. The summed E-state index contributed by atoms with van der Waals surface area (Å²) in [6.45, 7) is 6.11. The number of nitriles is 1. The molecule has 196 valence electrons. The Labute approximate surface area is 211 Å². The molecule has 7 nitrogen and oxygen atoms in total. The molecule has 4 fully saturated rings. The zero-order chi connectivity index (χ0) is 24.7. The first-order chi connectivity index (χ1) is 17.0. The summed E-state index contributed by atoms with van der Waals surface area (Å²) in [5.74, 6) is 0.960. The second-order valence-electron chi connectivity index (χ2n) is 11.6. The quantitative estimate of drug-likeness (QED) is 0.563. The third-order valence-corrected chi connectivity index (χ3v) is 9.28. The Balaban J connectivity index is 1.38. The number of rotatable bonds is 8. The molecule has 0 radical (unpaired) electrons. The maximum absolute atomic E-state index is 13.6. The Kier molecular flexibility index (Phi) is 9.46. The van der Waals surface area contributed by atoms with Gasteiger partial charge in [-0.25, -0.2) is 0 Å². The second-order valence-corrected chi connectivity index (χ2v) is 11.6. The number of carbonyl (C=O) groups is 2. The van der Waals surface area contributed by atoms with Gasteiger partial charge in [-0.05, 0) is 50.4 Å². The molecule has 4 aliphatic rings. The van der Waals surface area contributed by atoms with Gasteiger partial charge in [0.05, 0.1) is 19.3 Å². The molecule has 2 aliphatic heterocycles. The molecule has 0 aromatic carbocycles. The number of hydrogen-bond donors (Lipinski definition) is 1. The van der Waals surface area contributed by atoms with Gasteiger partial charge in [-0.1, -0.05) is 45.4 Å². The lowest BCUT2D eigenvalue weighted by Crippen LogP contribution is -2.53. The van der Waals surface area contributed by atoms with Gasteiger partial charge in [0.2, 0.25) is 11.8 Å². The minimum Gasteiger partial charge on any atom is -0.378 e. The lowest BCUT2D eigenvalue weighted by atomic mass is 9.81. The van der Waals surface area contributed by atoms with Crippen LogP contribution in [0.4, 0.5) is 0 Å². The maximum Gasteiger partial charge on any atom is 0.224 e. The molecule has 0 aromatic rings. The van der Waals surface area contributed by atoms with Crippen LogP contribution in [0.15, 0.2) is 0 Å². The standard InChI is InChI=1S/C28H46N4O3/c1-2-22-8-10-25(11-9-22)32-13-12-28(20-29,21-32)30-27(34)24(18-23-6-4-3-5-7-23)19-26(33)31-14-16-35-17-15-31/h22-25H,2-19,21H2,1H3,(H,30,34)/t22-,24-,25+,28+/m1/s1. The minimum absolute atomic E-state index is 0.0519. The number of amides is 2. The fourth-order valence-electron chi connectivity index (χ4n) is 6.89. The topological polar surface area (TPSA) is 85.7 Å². The number of nitrogens with one attached hydrogen (secondary N) is 1. The van der Waals surface area contributed by atoms with E-state index in [0.717, 1.165) is 31.7 Å². The predicted octanol–water partition coefficient (Wildman–Crippen LogP) is 3.87. The van der Waals surface area contributed by atoms with Crippen LogP contribution in [0, 0.1) is 29.1 Å². The van der Waals surface area contributed by atoms with E-state index in [1.807, 2.05) is 4.90 Å². The van der Waals surface area contributed by atoms with Crippen LogP contribution in [-0.4, -0.2) is 72.6 Å². The largest absolute Gasteiger partial charge is 0.378 e. The first-order valence-electron chi connectivity index (χ1n) is 14.3. The van der Waals surface area contributed by atoms with Crippen molar-refractivity contribution in [1.82, 2.24) is 15.1 Å². The van der Waals surface area contributed by atoms with Crippen LogP contribution < -0.4 is 5.32 Å². The Morgan fingerprint density at radius 2 is 1.74 bits per heavy atom. The van der Waals surface area contributed by atoms with Crippen LogP contribution in [-0.2, 0) is 14.3 Å². The third kappa shape index (κ3) is 6.98. The lowest BCUT2D eigenvalue weighted by molar-refractivity contribution is -0.140. The van der Waals surface area contributed by atoms with E-state index < -0.39 is 5.54 Å². The summed E-state index contributed by atoms with van der Waals surface area (Å²) in [5, 5.41) is 13.4. The number of nitrogens with zero attached hydrogens (tertiary/aromatic N) is 3. The molecule has 4 rings (SSSR count). The van der Waals surface area contributed by atoms with Crippen LogP contribution >= 0.6 is 0 Å². The number of hydrogen-bond acceptors (Lipinski definition) is 5. The Hall–Kier alpha value is -1.65. The molecular formula is C28H46N4O3. The minimum atomic E-state index is -0.828. The number of carbonyl (C=O) groups excluding carboxylic acids is 2. The Morgan fingerprint density at radius 1 is 1.03 bits per heavy atom. The fourth-order valence-corrected chi connectivity index (χ4v) is 6.89. The molecule has 0 aromatic heterocycles. The van der Waals surface area contributed by atoms with E-state index in [-0.39, 0.29) is 24.2 Å². The highest BCUT2D eigenvalue weighted by molar-refractivity contribution is 5.86. The number of ether oxygens (including phenoxy) is 1. The molecule has 1 N–H and O–H groups in total. The molecular weight excluding hydrogens is 440 g/mol. The van der Waals surface area contributed by atoms with Gasteiger partial charge in [0.15, 0.2) is 0 Å². The van der Waals surface area contributed by atoms with Crippen molar-refractivity contribution in [2.45, 2.75) is 102 Å². The molecule has 2 aliphatic carbocycles. The highest BCUT2D eigenvalue weighted by Gasteiger charge is 2.44. The zero-order valence-electron chi connectivity index (χ0n) is 21.8. The SMILES string of the molecule is CC[C@H]1CC[C@@H](N2CC[C@@](C#N)(NC(=O)[C@@H](CC(=O)N3CCOCC3)CC3CCCCC3)C2)CC1. The first kappa shape index (κ1) is 26.4. The van der Waals surface area contributed by atoms with Crippen molar-refractivity contribution in [2.24, 2.45) is 17.8 Å². The summed E-state index contributed by atoms with van der Waals surface area (Å²) in [6, 6.07) is 3.02. The summed E-state index contributed by atoms with van der Waals surface area (Å²) in [5.41, 5.74) is -0.828. The van der Waals surface area contributed by atoms with Gasteiger partial charge in [0, 0.05) is 44.6 Å². The van der Waals surface area contributed by atoms with E-state index in [1.54, 1.807) is 0 Å². The normalized spacial score (nSPS) is 31.6. The summed E-state index contributed by atoms with van der Waals surface area (Å²) < 4.78 is 5.40. The van der Waals surface area contributed by atoms with Crippen molar-refractivity contribution in [3.8, 4) is 6.07 Å². The molecule has 2 saturated carbocycles. The van der Waals surface area contributed by atoms with Gasteiger partial charge in [-0.2, -0.15) is 5.26 Å². The molecule has 0 spiro atoms. The average Bonchev–Trinajstić information content (AvgIpc) is 3.33. The van der Waals surface area contributed by atoms with E-state index in [2.05, 4.69) is 23.2 Å². The molecule has 2 saturated heterocycles. The van der Waals surface area contributed by atoms with Crippen molar-refractivity contribution in [3.63, 3.8) is 0 Å². The number of morpholine rings is 1. The molecule has 2 heterocycles.